The molecular formula is C11H23F3N2. The highest BCUT2D eigenvalue weighted by atomic mass is 19.4. The predicted molar refractivity (Wildman–Crippen MR) is 60.5 cm³/mol. The number of hydrogen-bond acceptors (Lipinski definition) is 2. The van der Waals surface area contributed by atoms with E-state index in [0.717, 1.165) is 13.0 Å². The molecule has 0 spiro atoms. The monoisotopic (exact) mass is 240 g/mol. The molecule has 0 aliphatic rings. The number of alkyl halides is 3. The van der Waals surface area contributed by atoms with Gasteiger partial charge >= 0.3 is 6.18 Å². The molecule has 0 radical (unpaired) electrons. The number of likely N-dealkylation sites (N-methyl/N-ethyl adjacent to an activating group) is 1. The van der Waals surface area contributed by atoms with Gasteiger partial charge in [0.05, 0.1) is 6.54 Å². The van der Waals surface area contributed by atoms with Gasteiger partial charge < -0.3 is 5.32 Å². The van der Waals surface area contributed by atoms with Gasteiger partial charge in [0.25, 0.3) is 0 Å². The van der Waals surface area contributed by atoms with Crippen LogP contribution in [0, 0.1) is 0 Å². The van der Waals surface area contributed by atoms with Crippen molar-refractivity contribution in [2.75, 3.05) is 19.6 Å². The quantitative estimate of drug-likeness (QED) is 0.736. The molecule has 0 bridgehead atoms. The minimum atomic E-state index is -4.12. The Hall–Kier alpha value is -0.290. The summed E-state index contributed by atoms with van der Waals surface area (Å²) >= 11 is 0. The fraction of sp³-hybridized carbons (Fsp3) is 1.00. The molecule has 0 aliphatic heterocycles. The van der Waals surface area contributed by atoms with Crippen LogP contribution in [0.25, 0.3) is 0 Å². The third-order valence-corrected chi connectivity index (χ3v) is 2.60. The van der Waals surface area contributed by atoms with Crippen LogP contribution in [0.1, 0.15) is 34.1 Å². The maximum absolute atomic E-state index is 12.4. The summed E-state index contributed by atoms with van der Waals surface area (Å²) in [5.41, 5.74) is 0. The van der Waals surface area contributed by atoms with E-state index >= 15 is 0 Å². The Morgan fingerprint density at radius 1 is 1.19 bits per heavy atom. The van der Waals surface area contributed by atoms with E-state index in [1.807, 2.05) is 13.8 Å². The zero-order valence-electron chi connectivity index (χ0n) is 10.6. The molecule has 1 unspecified atom stereocenters. The maximum Gasteiger partial charge on any atom is 0.401 e. The van der Waals surface area contributed by atoms with Crippen LogP contribution in [-0.4, -0.2) is 42.8 Å². The molecule has 2 nitrogen and oxygen atoms in total. The number of hydrogen-bond donors (Lipinski definition) is 1. The van der Waals surface area contributed by atoms with Crippen molar-refractivity contribution in [1.29, 1.82) is 0 Å². The molecule has 0 aromatic carbocycles. The molecule has 0 rings (SSSR count). The lowest BCUT2D eigenvalue weighted by atomic mass is 10.1. The second kappa shape index (κ2) is 7.12. The molecule has 0 aromatic rings. The Kier molecular flexibility index (Phi) is 6.99. The lowest BCUT2D eigenvalue weighted by Gasteiger charge is -2.35. The van der Waals surface area contributed by atoms with E-state index in [-0.39, 0.29) is 12.1 Å². The summed E-state index contributed by atoms with van der Waals surface area (Å²) in [7, 11) is 0. The van der Waals surface area contributed by atoms with E-state index in [1.54, 1.807) is 13.8 Å². The third kappa shape index (κ3) is 6.33. The van der Waals surface area contributed by atoms with Gasteiger partial charge in [-0.3, -0.25) is 4.90 Å². The summed E-state index contributed by atoms with van der Waals surface area (Å²) in [6.07, 6.45) is -3.40. The number of nitrogens with zero attached hydrogens (tertiary/aromatic N) is 1. The minimum Gasteiger partial charge on any atom is -0.315 e. The van der Waals surface area contributed by atoms with Gasteiger partial charge in [0.15, 0.2) is 0 Å². The molecule has 0 amide bonds. The van der Waals surface area contributed by atoms with Crippen molar-refractivity contribution < 1.29 is 13.2 Å². The highest BCUT2D eigenvalue weighted by Gasteiger charge is 2.34. The molecule has 0 heterocycles. The summed E-state index contributed by atoms with van der Waals surface area (Å²) in [6, 6.07) is -0.146. The van der Waals surface area contributed by atoms with Crippen molar-refractivity contribution in [3.05, 3.63) is 0 Å². The first-order chi connectivity index (χ1) is 7.31. The van der Waals surface area contributed by atoms with Crippen molar-refractivity contribution in [3.8, 4) is 0 Å². The van der Waals surface area contributed by atoms with Gasteiger partial charge in [-0.25, -0.2) is 0 Å². The zero-order valence-corrected chi connectivity index (χ0v) is 10.6. The smallest absolute Gasteiger partial charge is 0.315 e. The van der Waals surface area contributed by atoms with Gasteiger partial charge in [-0.2, -0.15) is 13.2 Å². The lowest BCUT2D eigenvalue weighted by molar-refractivity contribution is -0.155. The van der Waals surface area contributed by atoms with Crippen LogP contribution >= 0.6 is 0 Å². The van der Waals surface area contributed by atoms with E-state index in [4.69, 9.17) is 0 Å². The normalized spacial score (nSPS) is 14.8. The largest absolute Gasteiger partial charge is 0.401 e. The number of rotatable bonds is 7. The Morgan fingerprint density at radius 3 is 2.06 bits per heavy atom. The second-order valence-corrected chi connectivity index (χ2v) is 4.25. The molecule has 0 aromatic heterocycles. The fourth-order valence-electron chi connectivity index (χ4n) is 1.75. The van der Waals surface area contributed by atoms with E-state index in [0.29, 0.717) is 6.54 Å². The highest BCUT2D eigenvalue weighted by Crippen LogP contribution is 2.20. The number of halogens is 3. The van der Waals surface area contributed by atoms with Gasteiger partial charge in [0.1, 0.15) is 0 Å². The Labute approximate surface area is 96.2 Å². The van der Waals surface area contributed by atoms with Crippen molar-refractivity contribution >= 4 is 0 Å². The first-order valence-corrected chi connectivity index (χ1v) is 5.85. The van der Waals surface area contributed by atoms with Crippen molar-refractivity contribution in [2.24, 2.45) is 0 Å². The van der Waals surface area contributed by atoms with Gasteiger partial charge in [-0.15, -0.1) is 0 Å². The molecule has 0 fully saturated rings. The summed E-state index contributed by atoms with van der Waals surface area (Å²) in [6.45, 7) is 8.06. The van der Waals surface area contributed by atoms with Crippen LogP contribution in [0.15, 0.2) is 0 Å². The third-order valence-electron chi connectivity index (χ3n) is 2.60. The standard InChI is InChI=1S/C11H23F3N2/c1-5-10(7-15-6-2)16(9(3)4)8-11(12,13)14/h9-10,15H,5-8H2,1-4H3. The maximum atomic E-state index is 12.4. The SMILES string of the molecule is CCNCC(CC)N(CC(F)(F)F)C(C)C. The molecule has 16 heavy (non-hydrogen) atoms. The van der Waals surface area contributed by atoms with E-state index in [9.17, 15) is 13.2 Å². The van der Waals surface area contributed by atoms with Gasteiger partial charge in [0.2, 0.25) is 0 Å². The molecule has 0 aliphatic carbocycles. The molecule has 1 N–H and O–H groups in total. The van der Waals surface area contributed by atoms with Crippen LogP contribution in [-0.2, 0) is 0 Å². The Balaban J connectivity index is 4.47. The highest BCUT2D eigenvalue weighted by molar-refractivity contribution is 4.77. The Morgan fingerprint density at radius 2 is 1.75 bits per heavy atom. The first-order valence-electron chi connectivity index (χ1n) is 5.85. The van der Waals surface area contributed by atoms with Gasteiger partial charge in [-0.05, 0) is 26.8 Å². The lowest BCUT2D eigenvalue weighted by Crippen LogP contribution is -2.49. The molecule has 0 saturated heterocycles. The molecule has 98 valence electrons. The van der Waals surface area contributed by atoms with E-state index in [2.05, 4.69) is 5.32 Å². The molecule has 5 heteroatoms. The Bertz CT molecular complexity index is 181. The molecular weight excluding hydrogens is 217 g/mol. The molecule has 0 saturated carbocycles. The van der Waals surface area contributed by atoms with E-state index in [1.165, 1.54) is 4.90 Å². The van der Waals surface area contributed by atoms with Crippen molar-refractivity contribution in [1.82, 2.24) is 10.2 Å². The van der Waals surface area contributed by atoms with Crippen molar-refractivity contribution in [3.63, 3.8) is 0 Å². The average molecular weight is 240 g/mol. The summed E-state index contributed by atoms with van der Waals surface area (Å²) < 4.78 is 37.3. The average Bonchev–Trinajstić information content (AvgIpc) is 2.15. The molecule has 1 atom stereocenters. The number of nitrogens with one attached hydrogen (secondary N) is 1. The van der Waals surface area contributed by atoms with Gasteiger partial charge in [0, 0.05) is 18.6 Å². The van der Waals surface area contributed by atoms with Crippen LogP contribution in [0.2, 0.25) is 0 Å². The second-order valence-electron chi connectivity index (χ2n) is 4.25. The summed E-state index contributed by atoms with van der Waals surface area (Å²) in [5, 5.41) is 3.11. The van der Waals surface area contributed by atoms with Crippen molar-refractivity contribution in [2.45, 2.75) is 52.4 Å². The fourth-order valence-corrected chi connectivity index (χ4v) is 1.75. The van der Waals surface area contributed by atoms with Crippen LogP contribution in [0.3, 0.4) is 0 Å². The van der Waals surface area contributed by atoms with Crippen LogP contribution in [0.5, 0.6) is 0 Å². The van der Waals surface area contributed by atoms with E-state index < -0.39 is 12.7 Å². The first kappa shape index (κ1) is 15.7. The van der Waals surface area contributed by atoms with Crippen LogP contribution < -0.4 is 5.32 Å². The summed E-state index contributed by atoms with van der Waals surface area (Å²) in [5.74, 6) is 0. The minimum absolute atomic E-state index is 0.0541. The zero-order chi connectivity index (χ0) is 12.8. The van der Waals surface area contributed by atoms with Gasteiger partial charge in [-0.1, -0.05) is 13.8 Å². The predicted octanol–water partition coefficient (Wildman–Crippen LogP) is 2.65. The summed E-state index contributed by atoms with van der Waals surface area (Å²) in [4.78, 5) is 1.52. The van der Waals surface area contributed by atoms with Crippen LogP contribution in [0.4, 0.5) is 13.2 Å². The topological polar surface area (TPSA) is 15.3 Å².